The number of benzene rings is 2. The van der Waals surface area contributed by atoms with Crippen molar-refractivity contribution in [2.45, 2.75) is 30.8 Å². The van der Waals surface area contributed by atoms with Crippen LogP contribution in [0.15, 0.2) is 42.5 Å². The van der Waals surface area contributed by atoms with Gasteiger partial charge in [0.2, 0.25) is 5.91 Å². The Balaban J connectivity index is 1.41. The molecule has 1 amide bonds. The van der Waals surface area contributed by atoms with E-state index in [9.17, 15) is 14.3 Å². The zero-order chi connectivity index (χ0) is 25.7. The van der Waals surface area contributed by atoms with Crippen LogP contribution in [0, 0.1) is 11.7 Å². The predicted octanol–water partition coefficient (Wildman–Crippen LogP) is 3.38. The fourth-order valence-electron chi connectivity index (χ4n) is 6.84. The highest BCUT2D eigenvalue weighted by Crippen LogP contribution is 2.50. The average molecular weight is 508 g/mol. The molecule has 1 spiro atoms. The number of hydrogen-bond donors (Lipinski definition) is 1. The van der Waals surface area contributed by atoms with Crippen LogP contribution in [-0.2, 0) is 28.5 Å². The van der Waals surface area contributed by atoms with Gasteiger partial charge in [-0.3, -0.25) is 9.69 Å². The van der Waals surface area contributed by atoms with Gasteiger partial charge >= 0.3 is 0 Å². The smallest absolute Gasteiger partial charge is 0.226 e. The molecule has 0 bridgehead atoms. The standard InChI is InChI=1S/C29H34FN3O4/c1-31-24-13-22(36-2)6-7-23(24)26-27(31)25(15-34)33(28(35)20-8-10-37-11-9-20)18-29(26)16-32(17-29)14-19-4-3-5-21(30)12-19/h3-7,12-13,20,25,34H,8-11,14-18H2,1-2H3/t25-/m0/s1. The molecule has 3 aromatic rings. The van der Waals surface area contributed by atoms with Gasteiger partial charge in [0.25, 0.3) is 0 Å². The molecule has 6 rings (SSSR count). The number of carbonyl (C=O) groups is 1. The second-order valence-electron chi connectivity index (χ2n) is 10.8. The van der Waals surface area contributed by atoms with Gasteiger partial charge in [0.05, 0.1) is 25.3 Å². The SMILES string of the molecule is COc1ccc2c3c(n(C)c2c1)[C@H](CO)N(C(=O)C1CCOCC1)CC31CN(Cc2cccc(F)c2)C1. The Morgan fingerprint density at radius 1 is 1.16 bits per heavy atom. The number of methoxy groups -OCH3 is 1. The third kappa shape index (κ3) is 4.02. The Hall–Kier alpha value is -2.94. The number of carbonyl (C=O) groups excluding carboxylic acids is 1. The number of amides is 1. The van der Waals surface area contributed by atoms with Crippen molar-refractivity contribution in [2.75, 3.05) is 46.6 Å². The lowest BCUT2D eigenvalue weighted by atomic mass is 9.68. The van der Waals surface area contributed by atoms with Gasteiger partial charge in [0.1, 0.15) is 11.6 Å². The van der Waals surface area contributed by atoms with Crippen molar-refractivity contribution in [1.29, 1.82) is 0 Å². The van der Waals surface area contributed by atoms with E-state index < -0.39 is 6.04 Å². The Morgan fingerprint density at radius 3 is 2.65 bits per heavy atom. The van der Waals surface area contributed by atoms with E-state index in [-0.39, 0.29) is 29.7 Å². The maximum absolute atomic E-state index is 13.9. The first-order valence-electron chi connectivity index (χ1n) is 13.1. The first-order valence-corrected chi connectivity index (χ1v) is 13.1. The molecule has 3 aliphatic rings. The van der Waals surface area contributed by atoms with Crippen LogP contribution in [0.4, 0.5) is 4.39 Å². The molecule has 4 heterocycles. The highest BCUT2D eigenvalue weighted by molar-refractivity contribution is 5.90. The summed E-state index contributed by atoms with van der Waals surface area (Å²) in [7, 11) is 3.68. The zero-order valence-electron chi connectivity index (χ0n) is 21.5. The molecule has 1 atom stereocenters. The van der Waals surface area contributed by atoms with Crippen LogP contribution in [0.5, 0.6) is 5.75 Å². The van der Waals surface area contributed by atoms with E-state index in [2.05, 4.69) is 15.5 Å². The van der Waals surface area contributed by atoms with Gasteiger partial charge < -0.3 is 24.0 Å². The maximum atomic E-state index is 13.9. The van der Waals surface area contributed by atoms with E-state index in [1.54, 1.807) is 19.2 Å². The summed E-state index contributed by atoms with van der Waals surface area (Å²) in [5, 5.41) is 11.8. The summed E-state index contributed by atoms with van der Waals surface area (Å²) >= 11 is 0. The normalized spacial score (nSPS) is 21.7. The predicted molar refractivity (Wildman–Crippen MR) is 138 cm³/mol. The zero-order valence-corrected chi connectivity index (χ0v) is 21.5. The second kappa shape index (κ2) is 9.42. The van der Waals surface area contributed by atoms with Crippen LogP contribution < -0.4 is 4.74 Å². The van der Waals surface area contributed by atoms with Crippen LogP contribution in [0.2, 0.25) is 0 Å². The molecule has 2 fully saturated rings. The summed E-state index contributed by atoms with van der Waals surface area (Å²) in [6.07, 6.45) is 1.43. The molecule has 37 heavy (non-hydrogen) atoms. The Morgan fingerprint density at radius 2 is 1.95 bits per heavy atom. The molecular formula is C29H34FN3O4. The number of ether oxygens (including phenoxy) is 2. The van der Waals surface area contributed by atoms with Gasteiger partial charge in [0.15, 0.2) is 0 Å². The van der Waals surface area contributed by atoms with Crippen LogP contribution >= 0.6 is 0 Å². The number of likely N-dealkylation sites (tertiary alicyclic amines) is 1. The fourth-order valence-corrected chi connectivity index (χ4v) is 6.84. The minimum Gasteiger partial charge on any atom is -0.497 e. The van der Waals surface area contributed by atoms with E-state index in [0.29, 0.717) is 39.1 Å². The monoisotopic (exact) mass is 507 g/mol. The first-order chi connectivity index (χ1) is 17.9. The number of aliphatic hydroxyl groups excluding tert-OH is 1. The topological polar surface area (TPSA) is 67.2 Å². The van der Waals surface area contributed by atoms with Crippen LogP contribution in [-0.4, -0.2) is 71.9 Å². The third-order valence-electron chi connectivity index (χ3n) is 8.52. The van der Waals surface area contributed by atoms with Gasteiger partial charge in [-0.15, -0.1) is 0 Å². The van der Waals surface area contributed by atoms with Gasteiger partial charge in [0, 0.05) is 74.9 Å². The number of aliphatic hydroxyl groups is 1. The first kappa shape index (κ1) is 24.4. The molecule has 1 aromatic heterocycles. The lowest BCUT2D eigenvalue weighted by Gasteiger charge is -2.57. The van der Waals surface area contributed by atoms with Crippen LogP contribution in [0.25, 0.3) is 10.9 Å². The van der Waals surface area contributed by atoms with Gasteiger partial charge in [-0.25, -0.2) is 4.39 Å². The maximum Gasteiger partial charge on any atom is 0.226 e. The summed E-state index contributed by atoms with van der Waals surface area (Å²) in [5.41, 5.74) is 3.94. The molecular weight excluding hydrogens is 473 g/mol. The highest BCUT2D eigenvalue weighted by atomic mass is 19.1. The summed E-state index contributed by atoms with van der Waals surface area (Å²) in [5.74, 6) is 0.574. The molecule has 0 radical (unpaired) electrons. The van der Waals surface area contributed by atoms with Crippen molar-refractivity contribution in [3.05, 3.63) is 65.1 Å². The second-order valence-corrected chi connectivity index (χ2v) is 10.8. The van der Waals surface area contributed by atoms with Crippen LogP contribution in [0.3, 0.4) is 0 Å². The quantitative estimate of drug-likeness (QED) is 0.574. The lowest BCUT2D eigenvalue weighted by Crippen LogP contribution is -2.67. The number of fused-ring (bicyclic) bond motifs is 4. The molecule has 0 saturated carbocycles. The van der Waals surface area contributed by atoms with Crippen molar-refractivity contribution >= 4 is 16.8 Å². The molecule has 196 valence electrons. The number of aryl methyl sites for hydroxylation is 1. The summed E-state index contributed by atoms with van der Waals surface area (Å²) in [4.78, 5) is 18.1. The number of aromatic nitrogens is 1. The van der Waals surface area contributed by atoms with Gasteiger partial charge in [-0.1, -0.05) is 12.1 Å². The number of rotatable bonds is 5. The summed E-state index contributed by atoms with van der Waals surface area (Å²) < 4.78 is 27.0. The largest absolute Gasteiger partial charge is 0.497 e. The van der Waals surface area contributed by atoms with E-state index in [4.69, 9.17) is 9.47 Å². The molecule has 8 heteroatoms. The number of hydrogen-bond acceptors (Lipinski definition) is 5. The van der Waals surface area contributed by atoms with E-state index >= 15 is 0 Å². The van der Waals surface area contributed by atoms with E-state index in [1.807, 2.05) is 30.1 Å². The Labute approximate surface area is 216 Å². The van der Waals surface area contributed by atoms with Crippen LogP contribution in [0.1, 0.15) is 35.7 Å². The molecule has 0 unspecified atom stereocenters. The molecule has 2 aromatic carbocycles. The fraction of sp³-hybridized carbons (Fsp3) is 0.483. The molecule has 0 aliphatic carbocycles. The Kier molecular flexibility index (Phi) is 6.21. The molecule has 1 N–H and O–H groups in total. The van der Waals surface area contributed by atoms with Gasteiger partial charge in [-0.2, -0.15) is 0 Å². The molecule has 2 saturated heterocycles. The number of halogens is 1. The van der Waals surface area contributed by atoms with E-state index in [1.165, 1.54) is 11.6 Å². The van der Waals surface area contributed by atoms with Crippen molar-refractivity contribution in [3.63, 3.8) is 0 Å². The summed E-state index contributed by atoms with van der Waals surface area (Å²) in [6.45, 7) is 3.80. The van der Waals surface area contributed by atoms with Gasteiger partial charge in [-0.05, 0) is 48.2 Å². The Bertz CT molecular complexity index is 1330. The highest BCUT2D eigenvalue weighted by Gasteiger charge is 2.54. The number of nitrogens with zero attached hydrogens (tertiary/aromatic N) is 3. The lowest BCUT2D eigenvalue weighted by molar-refractivity contribution is -0.146. The summed E-state index contributed by atoms with van der Waals surface area (Å²) in [6, 6.07) is 12.5. The minimum atomic E-state index is -0.406. The minimum absolute atomic E-state index is 0.0837. The van der Waals surface area contributed by atoms with E-state index in [0.717, 1.165) is 41.0 Å². The van der Waals surface area contributed by atoms with Crippen molar-refractivity contribution in [1.82, 2.24) is 14.4 Å². The molecule has 3 aliphatic heterocycles. The van der Waals surface area contributed by atoms with Crippen molar-refractivity contribution in [3.8, 4) is 5.75 Å². The van der Waals surface area contributed by atoms with Crippen molar-refractivity contribution in [2.24, 2.45) is 13.0 Å². The molecule has 7 nitrogen and oxygen atoms in total. The average Bonchev–Trinajstić information content (AvgIpc) is 3.20. The van der Waals surface area contributed by atoms with Crippen molar-refractivity contribution < 1.29 is 23.8 Å². The third-order valence-corrected chi connectivity index (χ3v) is 8.52.